The van der Waals surface area contributed by atoms with E-state index in [0.29, 0.717) is 12.5 Å². The summed E-state index contributed by atoms with van der Waals surface area (Å²) in [4.78, 5) is 16.3. The van der Waals surface area contributed by atoms with Gasteiger partial charge >= 0.3 is 0 Å². The fourth-order valence-corrected chi connectivity index (χ4v) is 3.05. The second kappa shape index (κ2) is 9.35. The van der Waals surface area contributed by atoms with Crippen LogP contribution >= 0.6 is 0 Å². The molecule has 0 aliphatic carbocycles. The number of aliphatic hydroxyl groups is 1. The van der Waals surface area contributed by atoms with E-state index in [2.05, 4.69) is 11.8 Å². The van der Waals surface area contributed by atoms with Gasteiger partial charge in [-0.25, -0.2) is 0 Å². The molecular formula is C16H32N2O2. The molecule has 0 aromatic carbocycles. The fourth-order valence-electron chi connectivity index (χ4n) is 3.05. The van der Waals surface area contributed by atoms with E-state index < -0.39 is 0 Å². The number of amides is 1. The molecule has 2 rings (SSSR count). The van der Waals surface area contributed by atoms with E-state index in [4.69, 9.17) is 5.11 Å². The standard InChI is InChI=1S/C14H26N2O2.C2H6/c1-2-12-3-6-15(7-4-12)10-14(18)16-8-5-13(9-16)11-17;1-2/h12-13,17H,2-11H2,1H3;1-2H3. The van der Waals surface area contributed by atoms with Gasteiger partial charge in [0.05, 0.1) is 6.54 Å². The SMILES string of the molecule is CC.CCC1CCN(CC(=O)N2CCC(CO)C2)CC1. The first-order chi connectivity index (χ1) is 9.72. The molecule has 0 radical (unpaired) electrons. The third kappa shape index (κ3) is 5.06. The van der Waals surface area contributed by atoms with Crippen molar-refractivity contribution in [1.82, 2.24) is 9.80 Å². The molecule has 2 fully saturated rings. The van der Waals surface area contributed by atoms with Gasteiger partial charge in [0.2, 0.25) is 5.91 Å². The number of piperidine rings is 1. The van der Waals surface area contributed by atoms with Crippen molar-refractivity contribution in [3.05, 3.63) is 0 Å². The van der Waals surface area contributed by atoms with Gasteiger partial charge < -0.3 is 10.0 Å². The van der Waals surface area contributed by atoms with Crippen molar-refractivity contribution in [2.24, 2.45) is 11.8 Å². The first-order valence-corrected chi connectivity index (χ1v) is 8.34. The van der Waals surface area contributed by atoms with Crippen LogP contribution in [0, 0.1) is 11.8 Å². The summed E-state index contributed by atoms with van der Waals surface area (Å²) in [7, 11) is 0. The highest BCUT2D eigenvalue weighted by atomic mass is 16.3. The smallest absolute Gasteiger partial charge is 0.236 e. The third-order valence-corrected chi connectivity index (χ3v) is 4.54. The summed E-state index contributed by atoms with van der Waals surface area (Å²) in [6, 6.07) is 0. The summed E-state index contributed by atoms with van der Waals surface area (Å²) >= 11 is 0. The van der Waals surface area contributed by atoms with Crippen LogP contribution in [-0.4, -0.2) is 60.1 Å². The molecule has 0 aromatic rings. The quantitative estimate of drug-likeness (QED) is 0.858. The highest BCUT2D eigenvalue weighted by molar-refractivity contribution is 5.78. The summed E-state index contributed by atoms with van der Waals surface area (Å²) in [6.07, 6.45) is 4.71. The molecule has 4 nitrogen and oxygen atoms in total. The Morgan fingerprint density at radius 2 is 1.70 bits per heavy atom. The molecule has 20 heavy (non-hydrogen) atoms. The third-order valence-electron chi connectivity index (χ3n) is 4.54. The van der Waals surface area contributed by atoms with Crippen molar-refractivity contribution < 1.29 is 9.90 Å². The molecule has 2 heterocycles. The van der Waals surface area contributed by atoms with Gasteiger partial charge in [-0.3, -0.25) is 9.69 Å². The average molecular weight is 284 g/mol. The second-order valence-electron chi connectivity index (χ2n) is 5.80. The lowest BCUT2D eigenvalue weighted by Crippen LogP contribution is -2.42. The van der Waals surface area contributed by atoms with Crippen LogP contribution in [0.3, 0.4) is 0 Å². The largest absolute Gasteiger partial charge is 0.396 e. The van der Waals surface area contributed by atoms with Gasteiger partial charge in [-0.15, -0.1) is 0 Å². The van der Waals surface area contributed by atoms with Crippen LogP contribution < -0.4 is 0 Å². The summed E-state index contributed by atoms with van der Waals surface area (Å²) < 4.78 is 0. The average Bonchev–Trinajstić information content (AvgIpc) is 2.99. The molecular weight excluding hydrogens is 252 g/mol. The normalized spacial score (nSPS) is 24.4. The lowest BCUT2D eigenvalue weighted by Gasteiger charge is -2.32. The molecule has 0 spiro atoms. The van der Waals surface area contributed by atoms with Crippen LogP contribution in [0.1, 0.15) is 46.5 Å². The van der Waals surface area contributed by atoms with Crippen LogP contribution in [0.25, 0.3) is 0 Å². The Hall–Kier alpha value is -0.610. The van der Waals surface area contributed by atoms with Gasteiger partial charge in [0.15, 0.2) is 0 Å². The van der Waals surface area contributed by atoms with E-state index in [9.17, 15) is 4.79 Å². The molecule has 118 valence electrons. The van der Waals surface area contributed by atoms with Crippen LogP contribution in [0.2, 0.25) is 0 Å². The Morgan fingerprint density at radius 3 is 2.20 bits per heavy atom. The van der Waals surface area contributed by atoms with Crippen molar-refractivity contribution in [3.63, 3.8) is 0 Å². The van der Waals surface area contributed by atoms with E-state index in [1.54, 1.807) is 0 Å². The highest BCUT2D eigenvalue weighted by Crippen LogP contribution is 2.20. The second-order valence-corrected chi connectivity index (χ2v) is 5.80. The minimum atomic E-state index is 0.214. The molecule has 1 atom stereocenters. The number of hydrogen-bond donors (Lipinski definition) is 1. The topological polar surface area (TPSA) is 43.8 Å². The van der Waals surface area contributed by atoms with Crippen LogP contribution in [0.5, 0.6) is 0 Å². The zero-order chi connectivity index (χ0) is 15.0. The summed E-state index contributed by atoms with van der Waals surface area (Å²) in [6.45, 7) is 10.8. The van der Waals surface area contributed by atoms with Crippen molar-refractivity contribution >= 4 is 5.91 Å². The predicted octanol–water partition coefficient (Wildman–Crippen LogP) is 1.98. The van der Waals surface area contributed by atoms with E-state index >= 15 is 0 Å². The zero-order valence-electron chi connectivity index (χ0n) is 13.5. The highest BCUT2D eigenvalue weighted by Gasteiger charge is 2.27. The van der Waals surface area contributed by atoms with Gasteiger partial charge in [-0.1, -0.05) is 27.2 Å². The monoisotopic (exact) mass is 284 g/mol. The minimum Gasteiger partial charge on any atom is -0.396 e. The Kier molecular flexibility index (Phi) is 8.15. The van der Waals surface area contributed by atoms with E-state index in [1.165, 1.54) is 19.3 Å². The lowest BCUT2D eigenvalue weighted by atomic mass is 9.94. The maximum atomic E-state index is 12.1. The molecule has 1 unspecified atom stereocenters. The number of likely N-dealkylation sites (tertiary alicyclic amines) is 2. The molecule has 0 bridgehead atoms. The Morgan fingerprint density at radius 1 is 1.10 bits per heavy atom. The number of hydrogen-bond acceptors (Lipinski definition) is 3. The lowest BCUT2D eigenvalue weighted by molar-refractivity contribution is -0.131. The molecule has 2 aliphatic rings. The maximum Gasteiger partial charge on any atom is 0.236 e. The van der Waals surface area contributed by atoms with Gasteiger partial charge in [-0.05, 0) is 38.3 Å². The molecule has 2 aliphatic heterocycles. The van der Waals surface area contributed by atoms with Crippen molar-refractivity contribution in [1.29, 1.82) is 0 Å². The maximum absolute atomic E-state index is 12.1. The molecule has 1 N–H and O–H groups in total. The Labute approximate surface area is 124 Å². The van der Waals surface area contributed by atoms with Gasteiger partial charge in [0, 0.05) is 25.6 Å². The van der Waals surface area contributed by atoms with E-state index in [-0.39, 0.29) is 12.5 Å². The first-order valence-electron chi connectivity index (χ1n) is 8.34. The number of nitrogens with zero attached hydrogens (tertiary/aromatic N) is 2. The fraction of sp³-hybridized carbons (Fsp3) is 0.938. The number of carbonyl (C=O) groups excluding carboxylic acids is 1. The van der Waals surface area contributed by atoms with Crippen molar-refractivity contribution in [2.75, 3.05) is 39.3 Å². The van der Waals surface area contributed by atoms with Crippen LogP contribution in [0.15, 0.2) is 0 Å². The molecule has 4 heteroatoms. The zero-order valence-corrected chi connectivity index (χ0v) is 13.5. The number of rotatable bonds is 4. The van der Waals surface area contributed by atoms with Crippen molar-refractivity contribution in [2.45, 2.75) is 46.5 Å². The number of carbonyl (C=O) groups is 1. The Bertz CT molecular complexity index is 276. The van der Waals surface area contributed by atoms with Gasteiger partial charge in [0.1, 0.15) is 0 Å². The summed E-state index contributed by atoms with van der Waals surface area (Å²) in [5.74, 6) is 1.42. The molecule has 0 saturated carbocycles. The number of aliphatic hydroxyl groups excluding tert-OH is 1. The molecule has 1 amide bonds. The minimum absolute atomic E-state index is 0.214. The van der Waals surface area contributed by atoms with Crippen LogP contribution in [0.4, 0.5) is 0 Å². The summed E-state index contributed by atoms with van der Waals surface area (Å²) in [5, 5.41) is 9.09. The Balaban J connectivity index is 0.000000956. The first kappa shape index (κ1) is 17.4. The molecule has 2 saturated heterocycles. The summed E-state index contributed by atoms with van der Waals surface area (Å²) in [5.41, 5.74) is 0. The predicted molar refractivity (Wildman–Crippen MR) is 82.6 cm³/mol. The van der Waals surface area contributed by atoms with Crippen molar-refractivity contribution in [3.8, 4) is 0 Å². The van der Waals surface area contributed by atoms with Crippen LogP contribution in [-0.2, 0) is 4.79 Å². The van der Waals surface area contributed by atoms with Gasteiger partial charge in [0.25, 0.3) is 0 Å². The molecule has 0 aromatic heterocycles. The van der Waals surface area contributed by atoms with E-state index in [1.807, 2.05) is 18.7 Å². The van der Waals surface area contributed by atoms with Gasteiger partial charge in [-0.2, -0.15) is 0 Å². The van der Waals surface area contributed by atoms with E-state index in [0.717, 1.165) is 38.5 Å².